The monoisotopic (exact) mass is 264 g/mol. The van der Waals surface area contributed by atoms with Gasteiger partial charge in [-0.3, -0.25) is 28.2 Å². The van der Waals surface area contributed by atoms with Gasteiger partial charge in [0.1, 0.15) is 0 Å². The molecule has 0 aromatic rings. The summed E-state index contributed by atoms with van der Waals surface area (Å²) in [5.41, 5.74) is 0. The van der Waals surface area contributed by atoms with E-state index >= 15 is 0 Å². The minimum atomic E-state index is 0. The molecule has 0 aliphatic rings. The van der Waals surface area contributed by atoms with Crippen molar-refractivity contribution in [1.29, 1.82) is 0 Å². The molecule has 0 aromatic heterocycles. The molecule has 0 rings (SSSR count). The van der Waals surface area contributed by atoms with Crippen molar-refractivity contribution in [3.63, 3.8) is 0 Å². The van der Waals surface area contributed by atoms with E-state index in [0.29, 0.717) is 0 Å². The van der Waals surface area contributed by atoms with Gasteiger partial charge in [0.25, 0.3) is 0 Å². The topological polar surface area (TPSA) is 0 Å². The van der Waals surface area contributed by atoms with E-state index < -0.39 is 0 Å². The minimum Gasteiger partial charge on any atom is -0.269 e. The second-order valence-electron chi connectivity index (χ2n) is 2.26. The first kappa shape index (κ1) is 46.6. The summed E-state index contributed by atoms with van der Waals surface area (Å²) < 4.78 is 0. The standard InChI is InChI=1S/C8H16S.6FH/c1-3-5-6-8(4-2)7-9;;;;;;/h3,5,8-9H,4,6-7H2,1-2H3;6*1H. The zero-order valence-corrected chi connectivity index (χ0v) is 9.64. The van der Waals surface area contributed by atoms with Gasteiger partial charge in [-0.1, -0.05) is 25.5 Å². The minimum absolute atomic E-state index is 0. The van der Waals surface area contributed by atoms with Crippen molar-refractivity contribution in [3.05, 3.63) is 12.2 Å². The van der Waals surface area contributed by atoms with Crippen molar-refractivity contribution < 1.29 is 28.2 Å². The average Bonchev–Trinajstić information content (AvgIpc) is 1.91. The Labute approximate surface area is 92.1 Å². The first-order chi connectivity index (χ1) is 4.35. The van der Waals surface area contributed by atoms with Crippen molar-refractivity contribution >= 4 is 12.6 Å². The molecule has 0 bridgehead atoms. The lowest BCUT2D eigenvalue weighted by Crippen LogP contribution is -1.97. The Morgan fingerprint density at radius 3 is 1.60 bits per heavy atom. The third-order valence-electron chi connectivity index (χ3n) is 1.54. The van der Waals surface area contributed by atoms with E-state index in [0.717, 1.165) is 11.7 Å². The first-order valence-corrected chi connectivity index (χ1v) is 4.20. The molecule has 0 N–H and O–H groups in total. The first-order valence-electron chi connectivity index (χ1n) is 3.57. The van der Waals surface area contributed by atoms with E-state index in [1.54, 1.807) is 0 Å². The average molecular weight is 264 g/mol. The summed E-state index contributed by atoms with van der Waals surface area (Å²) in [4.78, 5) is 0. The van der Waals surface area contributed by atoms with Crippen LogP contribution in [0.3, 0.4) is 0 Å². The fourth-order valence-corrected chi connectivity index (χ4v) is 1.11. The molecule has 0 amide bonds. The molecule has 0 fully saturated rings. The molecule has 0 spiro atoms. The number of allylic oxidation sites excluding steroid dienone is 2. The smallest absolute Gasteiger partial charge is 0.00666 e. The van der Waals surface area contributed by atoms with Crippen molar-refractivity contribution in [2.75, 3.05) is 5.75 Å². The summed E-state index contributed by atoms with van der Waals surface area (Å²) >= 11 is 4.23. The van der Waals surface area contributed by atoms with Crippen LogP contribution < -0.4 is 0 Å². The van der Waals surface area contributed by atoms with Crippen LogP contribution in [0.1, 0.15) is 26.7 Å². The van der Waals surface area contributed by atoms with Crippen LogP contribution in [0.15, 0.2) is 12.2 Å². The molecule has 0 nitrogen and oxygen atoms in total. The Balaban J connectivity index is -0.0000000213. The van der Waals surface area contributed by atoms with E-state index in [2.05, 4.69) is 38.6 Å². The summed E-state index contributed by atoms with van der Waals surface area (Å²) in [6.45, 7) is 4.27. The summed E-state index contributed by atoms with van der Waals surface area (Å²) in [5.74, 6) is 1.80. The van der Waals surface area contributed by atoms with Gasteiger partial charge in [-0.05, 0) is 25.0 Å². The third-order valence-corrected chi connectivity index (χ3v) is 2.06. The van der Waals surface area contributed by atoms with Crippen LogP contribution in [-0.4, -0.2) is 5.75 Å². The van der Waals surface area contributed by atoms with Gasteiger partial charge in [-0.15, -0.1) is 0 Å². The maximum Gasteiger partial charge on any atom is -0.00666 e. The van der Waals surface area contributed by atoms with Crippen LogP contribution in [-0.2, 0) is 0 Å². The highest BCUT2D eigenvalue weighted by Gasteiger charge is 1.98. The van der Waals surface area contributed by atoms with Crippen molar-refractivity contribution in [2.24, 2.45) is 5.92 Å². The Hall–Kier alpha value is -0.330. The molecule has 7 heteroatoms. The molecule has 15 heavy (non-hydrogen) atoms. The lowest BCUT2D eigenvalue weighted by molar-refractivity contribution is 0.583. The van der Waals surface area contributed by atoms with Gasteiger partial charge in [-0.25, -0.2) is 0 Å². The largest absolute Gasteiger partial charge is 0.269 e. The van der Waals surface area contributed by atoms with Gasteiger partial charge in [-0.2, -0.15) is 12.6 Å². The zero-order chi connectivity index (χ0) is 7.11. The van der Waals surface area contributed by atoms with Crippen LogP contribution in [0, 0.1) is 5.92 Å². The fraction of sp³-hybridized carbons (Fsp3) is 0.750. The van der Waals surface area contributed by atoms with Gasteiger partial charge in [0.2, 0.25) is 0 Å². The van der Waals surface area contributed by atoms with Crippen molar-refractivity contribution in [2.45, 2.75) is 26.7 Å². The Morgan fingerprint density at radius 1 is 1.00 bits per heavy atom. The van der Waals surface area contributed by atoms with Gasteiger partial charge in [0.05, 0.1) is 0 Å². The second-order valence-corrected chi connectivity index (χ2v) is 2.63. The SMILES string of the molecule is CC=CCC(CC)CS.F.F.F.F.F.F. The summed E-state index contributed by atoms with van der Waals surface area (Å²) in [6, 6.07) is 0. The molecule has 1 unspecified atom stereocenters. The third kappa shape index (κ3) is 31.6. The predicted molar refractivity (Wildman–Crippen MR) is 62.1 cm³/mol. The highest BCUT2D eigenvalue weighted by molar-refractivity contribution is 7.80. The van der Waals surface area contributed by atoms with E-state index in [1.807, 2.05) is 0 Å². The molecular formula is C8H22F6S. The lowest BCUT2D eigenvalue weighted by atomic mass is 10.1. The van der Waals surface area contributed by atoms with Crippen molar-refractivity contribution in [1.82, 2.24) is 0 Å². The van der Waals surface area contributed by atoms with E-state index in [1.165, 1.54) is 12.8 Å². The molecule has 0 saturated heterocycles. The number of rotatable bonds is 4. The van der Waals surface area contributed by atoms with E-state index in [-0.39, 0.29) is 28.2 Å². The summed E-state index contributed by atoms with van der Waals surface area (Å²) in [6.07, 6.45) is 6.75. The van der Waals surface area contributed by atoms with Gasteiger partial charge >= 0.3 is 0 Å². The Morgan fingerprint density at radius 2 is 1.40 bits per heavy atom. The summed E-state index contributed by atoms with van der Waals surface area (Å²) in [5, 5.41) is 0. The van der Waals surface area contributed by atoms with Crippen LogP contribution in [0.4, 0.5) is 28.2 Å². The maximum absolute atomic E-state index is 4.23. The fourth-order valence-electron chi connectivity index (χ4n) is 0.699. The Kier molecular flexibility index (Phi) is 116. The maximum atomic E-state index is 4.23. The Bertz CT molecular complexity index is 87.2. The van der Waals surface area contributed by atoms with Gasteiger partial charge < -0.3 is 0 Å². The summed E-state index contributed by atoms with van der Waals surface area (Å²) in [7, 11) is 0. The molecule has 0 saturated carbocycles. The quantitative estimate of drug-likeness (QED) is 0.445. The molecule has 0 heterocycles. The van der Waals surface area contributed by atoms with Gasteiger partial charge in [0.15, 0.2) is 0 Å². The predicted octanol–water partition coefficient (Wildman–Crippen LogP) is 3.82. The molecular weight excluding hydrogens is 242 g/mol. The highest BCUT2D eigenvalue weighted by Crippen LogP contribution is 2.09. The van der Waals surface area contributed by atoms with Crippen LogP contribution in [0.5, 0.6) is 0 Å². The molecule has 0 radical (unpaired) electrons. The zero-order valence-electron chi connectivity index (χ0n) is 8.75. The highest BCUT2D eigenvalue weighted by atomic mass is 32.1. The normalized spacial score (nSPS) is 8.73. The van der Waals surface area contributed by atoms with Crippen molar-refractivity contribution in [3.8, 4) is 0 Å². The van der Waals surface area contributed by atoms with Crippen LogP contribution >= 0.6 is 12.6 Å². The van der Waals surface area contributed by atoms with E-state index in [4.69, 9.17) is 0 Å². The molecule has 0 aliphatic heterocycles. The van der Waals surface area contributed by atoms with Crippen LogP contribution in [0.25, 0.3) is 0 Å². The lowest BCUT2D eigenvalue weighted by Gasteiger charge is -2.06. The molecule has 102 valence electrons. The number of hydrogen-bond acceptors (Lipinski definition) is 1. The number of thiol groups is 1. The number of hydrogen-bond donors (Lipinski definition) is 1. The van der Waals surface area contributed by atoms with E-state index in [9.17, 15) is 0 Å². The molecule has 0 aromatic carbocycles. The van der Waals surface area contributed by atoms with Gasteiger partial charge in [0, 0.05) is 0 Å². The van der Waals surface area contributed by atoms with Crippen LogP contribution in [0.2, 0.25) is 0 Å². The molecule has 0 aliphatic carbocycles. The number of halogens is 6. The second kappa shape index (κ2) is 37.3. The molecule has 1 atom stereocenters.